The van der Waals surface area contributed by atoms with Crippen molar-refractivity contribution in [3.8, 4) is 0 Å². The van der Waals surface area contributed by atoms with Crippen LogP contribution >= 0.6 is 0 Å². The van der Waals surface area contributed by atoms with Crippen molar-refractivity contribution in [2.24, 2.45) is 0 Å². The van der Waals surface area contributed by atoms with Crippen LogP contribution in [0.3, 0.4) is 0 Å². The molecule has 0 N–H and O–H groups in total. The second-order valence-electron chi connectivity index (χ2n) is 2.25. The van der Waals surface area contributed by atoms with Crippen LogP contribution in [-0.4, -0.2) is 16.6 Å². The van der Waals surface area contributed by atoms with E-state index >= 15 is 0 Å². The van der Waals surface area contributed by atoms with E-state index in [9.17, 15) is 0 Å². The molecule has 0 aliphatic rings. The lowest BCUT2D eigenvalue weighted by Gasteiger charge is -2.11. The third-order valence-corrected chi connectivity index (χ3v) is 2.12. The molecular weight excluding hydrogens is 140 g/mol. The van der Waals surface area contributed by atoms with Crippen LogP contribution in [0.5, 0.6) is 0 Å². The summed E-state index contributed by atoms with van der Waals surface area (Å²) in [7, 11) is 0.821. The Morgan fingerprint density at radius 3 is 2.50 bits per heavy atom. The molecule has 0 radical (unpaired) electrons. The Morgan fingerprint density at radius 1 is 1.40 bits per heavy atom. The van der Waals surface area contributed by atoms with Crippen LogP contribution in [0.1, 0.15) is 19.3 Å². The van der Waals surface area contributed by atoms with Crippen LogP contribution in [-0.2, 0) is 4.43 Å². The predicted octanol–water partition coefficient (Wildman–Crippen LogP) is 1.19. The van der Waals surface area contributed by atoms with Crippen molar-refractivity contribution in [2.75, 3.05) is 0 Å². The molecule has 0 spiro atoms. The van der Waals surface area contributed by atoms with E-state index in [1.807, 2.05) is 12.2 Å². The van der Waals surface area contributed by atoms with E-state index in [1.54, 1.807) is 0 Å². The summed E-state index contributed by atoms with van der Waals surface area (Å²) in [5.41, 5.74) is 0. The van der Waals surface area contributed by atoms with E-state index in [-0.39, 0.29) is 0 Å². The summed E-state index contributed by atoms with van der Waals surface area (Å²) in [4.78, 5) is 0. The molecule has 0 bridgehead atoms. The molecule has 1 atom stereocenters. The summed E-state index contributed by atoms with van der Waals surface area (Å²) in [6, 6.07) is 0. The smallest absolute Gasteiger partial charge is 0.146 e. The highest BCUT2D eigenvalue weighted by molar-refractivity contribution is 5.98. The number of hydrogen-bond donors (Lipinski definition) is 0. The van der Waals surface area contributed by atoms with E-state index in [4.69, 9.17) is 4.43 Å². The molecule has 1 unspecified atom stereocenters. The average Bonchev–Trinajstić information content (AvgIpc) is 1.98. The van der Waals surface area contributed by atoms with Gasteiger partial charge in [-0.2, -0.15) is 0 Å². The van der Waals surface area contributed by atoms with Crippen molar-refractivity contribution in [1.29, 1.82) is 0 Å². The first-order valence-corrected chi connectivity index (χ1v) is 4.41. The van der Waals surface area contributed by atoms with E-state index in [1.165, 1.54) is 0 Å². The minimum Gasteiger partial charge on any atom is -0.425 e. The molecule has 10 heavy (non-hydrogen) atoms. The summed E-state index contributed by atoms with van der Waals surface area (Å²) in [5.74, 6) is 0. The van der Waals surface area contributed by atoms with Gasteiger partial charge in [-0.05, 0) is 19.3 Å². The van der Waals surface area contributed by atoms with Crippen LogP contribution in [0.25, 0.3) is 0 Å². The summed E-state index contributed by atoms with van der Waals surface area (Å²) in [5, 5.41) is 0. The second-order valence-corrected chi connectivity index (χ2v) is 2.72. The first kappa shape index (κ1) is 9.66. The largest absolute Gasteiger partial charge is 0.425 e. The minimum atomic E-state index is 0.391. The molecule has 0 aliphatic heterocycles. The van der Waals surface area contributed by atoms with Crippen molar-refractivity contribution in [1.82, 2.24) is 0 Å². The molecule has 0 fully saturated rings. The maximum absolute atomic E-state index is 5.31. The summed E-state index contributed by atoms with van der Waals surface area (Å²) >= 11 is 0. The van der Waals surface area contributed by atoms with Crippen LogP contribution in [0.2, 0.25) is 0 Å². The van der Waals surface area contributed by atoms with Gasteiger partial charge in [0.25, 0.3) is 0 Å². The molecule has 2 heteroatoms. The van der Waals surface area contributed by atoms with Crippen molar-refractivity contribution in [3.05, 3.63) is 25.3 Å². The normalized spacial score (nSPS) is 12.8. The zero-order valence-corrected chi connectivity index (χ0v) is 8.68. The van der Waals surface area contributed by atoms with Gasteiger partial charge in [-0.1, -0.05) is 12.2 Å². The molecule has 0 heterocycles. The fourth-order valence-corrected chi connectivity index (χ4v) is 1.25. The highest BCUT2D eigenvalue weighted by Gasteiger charge is 2.00. The molecule has 0 amide bonds. The molecule has 0 saturated heterocycles. The Bertz CT molecular complexity index is 101. The van der Waals surface area contributed by atoms with E-state index < -0.39 is 0 Å². The zero-order chi connectivity index (χ0) is 7.82. The van der Waals surface area contributed by atoms with Gasteiger partial charge in [-0.3, -0.25) is 0 Å². The average molecular weight is 156 g/mol. The summed E-state index contributed by atoms with van der Waals surface area (Å²) < 4.78 is 5.31. The quantitative estimate of drug-likeness (QED) is 0.415. The van der Waals surface area contributed by atoms with Crippen molar-refractivity contribution < 1.29 is 4.43 Å². The van der Waals surface area contributed by atoms with Gasteiger partial charge < -0.3 is 4.43 Å². The van der Waals surface area contributed by atoms with Crippen LogP contribution in [0.4, 0.5) is 0 Å². The molecule has 0 aromatic rings. The highest BCUT2D eigenvalue weighted by atomic mass is 28.2. The Morgan fingerprint density at radius 2 is 2.10 bits per heavy atom. The minimum absolute atomic E-state index is 0.391. The highest BCUT2D eigenvalue weighted by Crippen LogP contribution is 2.05. The SMILES string of the molecule is C=CCCC(CC=C)O[SiH3]. The van der Waals surface area contributed by atoms with Gasteiger partial charge in [0.1, 0.15) is 10.5 Å². The van der Waals surface area contributed by atoms with Gasteiger partial charge in [-0.15, -0.1) is 13.2 Å². The molecule has 1 nitrogen and oxygen atoms in total. The maximum atomic E-state index is 5.31. The van der Waals surface area contributed by atoms with E-state index in [2.05, 4.69) is 13.2 Å². The van der Waals surface area contributed by atoms with Gasteiger partial charge >= 0.3 is 0 Å². The second kappa shape index (κ2) is 6.77. The van der Waals surface area contributed by atoms with E-state index in [0.717, 1.165) is 29.7 Å². The standard InChI is InChI=1S/C8H16OSi/c1-3-5-7-8(9-10)6-4-2/h3-4,8H,1-2,5-7H2,10H3. The van der Waals surface area contributed by atoms with Crippen LogP contribution in [0, 0.1) is 0 Å². The fraction of sp³-hybridized carbons (Fsp3) is 0.500. The van der Waals surface area contributed by atoms with Gasteiger partial charge in [0.2, 0.25) is 0 Å². The van der Waals surface area contributed by atoms with Crippen LogP contribution < -0.4 is 0 Å². The molecule has 0 aliphatic carbocycles. The summed E-state index contributed by atoms with van der Waals surface area (Å²) in [6.45, 7) is 7.32. The number of rotatable bonds is 6. The third-order valence-electron chi connectivity index (χ3n) is 1.46. The van der Waals surface area contributed by atoms with E-state index in [0.29, 0.717) is 6.10 Å². The third kappa shape index (κ3) is 4.53. The predicted molar refractivity (Wildman–Crippen MR) is 49.1 cm³/mol. The van der Waals surface area contributed by atoms with Gasteiger partial charge in [0, 0.05) is 6.10 Å². The first-order valence-electron chi connectivity index (χ1n) is 3.59. The Kier molecular flexibility index (Phi) is 6.54. The molecule has 0 rings (SSSR count). The molecule has 0 saturated carbocycles. The lowest BCUT2D eigenvalue weighted by Crippen LogP contribution is -2.08. The maximum Gasteiger partial charge on any atom is 0.146 e. The first-order chi connectivity index (χ1) is 4.85. The summed E-state index contributed by atoms with van der Waals surface area (Å²) in [6.07, 6.45) is 7.32. The lowest BCUT2D eigenvalue weighted by molar-refractivity contribution is 0.215. The Balaban J connectivity index is 3.38. The fourth-order valence-electron chi connectivity index (χ4n) is 0.822. The molecule has 58 valence electrons. The Hall–Kier alpha value is -0.343. The topological polar surface area (TPSA) is 9.23 Å². The Labute approximate surface area is 66.3 Å². The van der Waals surface area contributed by atoms with Gasteiger partial charge in [0.05, 0.1) is 0 Å². The molecular formula is C8H16OSi. The molecule has 0 aromatic carbocycles. The van der Waals surface area contributed by atoms with Crippen molar-refractivity contribution >= 4 is 10.5 Å². The number of hydrogen-bond acceptors (Lipinski definition) is 1. The van der Waals surface area contributed by atoms with Crippen LogP contribution in [0.15, 0.2) is 25.3 Å². The van der Waals surface area contributed by atoms with Gasteiger partial charge in [0.15, 0.2) is 0 Å². The van der Waals surface area contributed by atoms with Crippen molar-refractivity contribution in [3.63, 3.8) is 0 Å². The molecule has 0 aromatic heterocycles. The zero-order valence-electron chi connectivity index (χ0n) is 6.68. The van der Waals surface area contributed by atoms with Crippen molar-refractivity contribution in [2.45, 2.75) is 25.4 Å². The number of allylic oxidation sites excluding steroid dienone is 1. The lowest BCUT2D eigenvalue weighted by atomic mass is 10.1. The van der Waals surface area contributed by atoms with Gasteiger partial charge in [-0.25, -0.2) is 0 Å². The monoisotopic (exact) mass is 156 g/mol.